The molecule has 1 aliphatic heterocycles. The van der Waals surface area contributed by atoms with E-state index in [1.165, 1.54) is 6.07 Å². The summed E-state index contributed by atoms with van der Waals surface area (Å²) in [5, 5.41) is 7.08. The molecule has 1 amide bonds. The number of hydrogen-bond acceptors (Lipinski definition) is 7. The first-order valence-corrected chi connectivity index (χ1v) is 10.1. The molecule has 0 aliphatic carbocycles. The van der Waals surface area contributed by atoms with Gasteiger partial charge in [-0.25, -0.2) is 13.8 Å². The summed E-state index contributed by atoms with van der Waals surface area (Å²) >= 11 is 0.853. The van der Waals surface area contributed by atoms with Crippen molar-refractivity contribution in [2.45, 2.75) is 6.42 Å². The lowest BCUT2D eigenvalue weighted by atomic mass is 10.2. The van der Waals surface area contributed by atoms with Gasteiger partial charge in [-0.2, -0.15) is 5.10 Å². The van der Waals surface area contributed by atoms with Crippen molar-refractivity contribution in [2.24, 2.45) is 7.05 Å². The van der Waals surface area contributed by atoms with Gasteiger partial charge in [0.15, 0.2) is 11.5 Å². The molecule has 1 saturated heterocycles. The van der Waals surface area contributed by atoms with Crippen LogP contribution in [-0.2, 0) is 11.8 Å². The van der Waals surface area contributed by atoms with Crippen LogP contribution in [0.5, 0.6) is 0 Å². The van der Waals surface area contributed by atoms with Gasteiger partial charge >= 0.3 is 0 Å². The number of carbonyl (C=O) groups excluding carboxylic acids is 1. The minimum absolute atomic E-state index is 0.00401. The van der Waals surface area contributed by atoms with Gasteiger partial charge in [-0.3, -0.25) is 9.48 Å². The third kappa shape index (κ3) is 3.85. The van der Waals surface area contributed by atoms with Crippen LogP contribution in [0.25, 0.3) is 10.6 Å². The van der Waals surface area contributed by atoms with Gasteiger partial charge in [0, 0.05) is 26.7 Å². The molecule has 0 spiro atoms. The molecule has 1 aliphatic rings. The van der Waals surface area contributed by atoms with Gasteiger partial charge in [-0.15, -0.1) is 0 Å². The molecule has 1 fully saturated rings. The van der Waals surface area contributed by atoms with Crippen LogP contribution in [0.3, 0.4) is 0 Å². The topological polar surface area (TPSA) is 98.3 Å². The van der Waals surface area contributed by atoms with Crippen LogP contribution in [0.15, 0.2) is 24.4 Å². The number of nitrogen functional groups attached to an aromatic ring is 1. The molecule has 8 nitrogen and oxygen atoms in total. The van der Waals surface area contributed by atoms with Gasteiger partial charge in [-0.1, -0.05) is 17.4 Å². The van der Waals surface area contributed by atoms with Crippen LogP contribution in [0.1, 0.15) is 16.9 Å². The second-order valence-corrected chi connectivity index (χ2v) is 7.77. The smallest absolute Gasteiger partial charge is 0.277 e. The highest BCUT2D eigenvalue weighted by Gasteiger charge is 2.24. The highest BCUT2D eigenvalue weighted by atomic mass is 32.1. The molecule has 0 radical (unpaired) electrons. The second kappa shape index (κ2) is 8.36. The fraction of sp³-hybridized carbons (Fsp3) is 0.316. The number of nitrogens with two attached hydrogens (primary N) is 1. The Hall–Kier alpha value is -3.05. The largest absolute Gasteiger partial charge is 0.389 e. The molecule has 0 unspecified atom stereocenters. The summed E-state index contributed by atoms with van der Waals surface area (Å²) in [5.74, 6) is -1.38. The van der Waals surface area contributed by atoms with E-state index in [9.17, 15) is 13.6 Å². The molecule has 4 rings (SSSR count). The van der Waals surface area contributed by atoms with Crippen molar-refractivity contribution in [1.82, 2.24) is 14.8 Å². The number of anilines is 3. The minimum Gasteiger partial charge on any atom is -0.389 e. The number of aryl methyl sites for hydroxylation is 1. The highest BCUT2D eigenvalue weighted by molar-refractivity contribution is 7.19. The predicted octanol–water partition coefficient (Wildman–Crippen LogP) is 2.88. The molecule has 2 aromatic heterocycles. The number of hydrogen-bond donors (Lipinski definition) is 2. The molecular formula is C19H20F2N6O2S. The van der Waals surface area contributed by atoms with Crippen molar-refractivity contribution >= 4 is 33.8 Å². The molecular weight excluding hydrogens is 414 g/mol. The van der Waals surface area contributed by atoms with Crippen molar-refractivity contribution in [2.75, 3.05) is 42.3 Å². The lowest BCUT2D eigenvalue weighted by molar-refractivity contribution is 0.102. The lowest BCUT2D eigenvalue weighted by Gasteiger charge is -2.23. The summed E-state index contributed by atoms with van der Waals surface area (Å²) in [5.41, 5.74) is 6.04. The van der Waals surface area contributed by atoms with Crippen molar-refractivity contribution < 1.29 is 18.3 Å². The molecule has 158 valence electrons. The van der Waals surface area contributed by atoms with E-state index in [0.29, 0.717) is 25.4 Å². The minimum atomic E-state index is -0.770. The summed E-state index contributed by atoms with van der Waals surface area (Å²) < 4.78 is 35.3. The van der Waals surface area contributed by atoms with Crippen molar-refractivity contribution in [3.05, 3.63) is 41.7 Å². The number of nitrogens with one attached hydrogen (secondary N) is 1. The molecule has 0 atom stereocenters. The highest BCUT2D eigenvalue weighted by Crippen LogP contribution is 2.34. The SMILES string of the molecule is Cn1ncc(NC(=O)c2nc(-c3c(F)cccc3F)sc2N)c1N1CCCOCC1. The zero-order valence-corrected chi connectivity index (χ0v) is 17.0. The maximum atomic E-state index is 14.1. The predicted molar refractivity (Wildman–Crippen MR) is 111 cm³/mol. The Bertz CT molecular complexity index is 1050. The van der Waals surface area contributed by atoms with Crippen molar-refractivity contribution in [1.29, 1.82) is 0 Å². The van der Waals surface area contributed by atoms with Crippen LogP contribution >= 0.6 is 11.3 Å². The molecule has 0 saturated carbocycles. The van der Waals surface area contributed by atoms with E-state index in [2.05, 4.69) is 20.3 Å². The molecule has 3 N–H and O–H groups in total. The Morgan fingerprint density at radius 1 is 1.27 bits per heavy atom. The average molecular weight is 434 g/mol. The first-order chi connectivity index (χ1) is 14.5. The Kier molecular flexibility index (Phi) is 5.64. The average Bonchev–Trinajstić information content (AvgIpc) is 3.13. The fourth-order valence-corrected chi connectivity index (χ4v) is 4.21. The van der Waals surface area contributed by atoms with E-state index in [0.717, 1.165) is 42.3 Å². The van der Waals surface area contributed by atoms with E-state index >= 15 is 0 Å². The van der Waals surface area contributed by atoms with Gasteiger partial charge in [0.2, 0.25) is 0 Å². The van der Waals surface area contributed by atoms with E-state index in [1.54, 1.807) is 17.9 Å². The van der Waals surface area contributed by atoms with Gasteiger partial charge in [0.25, 0.3) is 5.91 Å². The zero-order chi connectivity index (χ0) is 21.3. The van der Waals surface area contributed by atoms with Crippen LogP contribution in [-0.4, -0.2) is 47.0 Å². The first kappa shape index (κ1) is 20.2. The molecule has 3 heterocycles. The van der Waals surface area contributed by atoms with Gasteiger partial charge in [-0.05, 0) is 18.6 Å². The Balaban J connectivity index is 1.61. The molecule has 11 heteroatoms. The quantitative estimate of drug-likeness (QED) is 0.655. The Morgan fingerprint density at radius 2 is 2.03 bits per heavy atom. The number of amides is 1. The van der Waals surface area contributed by atoms with Gasteiger partial charge < -0.3 is 20.7 Å². The number of nitrogens with zero attached hydrogens (tertiary/aromatic N) is 4. The van der Waals surface area contributed by atoms with Crippen LogP contribution < -0.4 is 16.0 Å². The van der Waals surface area contributed by atoms with E-state index < -0.39 is 17.5 Å². The monoisotopic (exact) mass is 434 g/mol. The van der Waals surface area contributed by atoms with E-state index in [-0.39, 0.29) is 21.3 Å². The van der Waals surface area contributed by atoms with Crippen molar-refractivity contribution in [3.63, 3.8) is 0 Å². The van der Waals surface area contributed by atoms with Crippen LogP contribution in [0, 0.1) is 11.6 Å². The number of thiazole rings is 1. The van der Waals surface area contributed by atoms with Gasteiger partial charge in [0.1, 0.15) is 27.3 Å². The van der Waals surface area contributed by atoms with E-state index in [4.69, 9.17) is 10.5 Å². The summed E-state index contributed by atoms with van der Waals surface area (Å²) in [4.78, 5) is 19.0. The number of halogens is 2. The normalized spacial score (nSPS) is 14.6. The summed E-state index contributed by atoms with van der Waals surface area (Å²) in [6.07, 6.45) is 2.40. The molecule has 3 aromatic rings. The third-order valence-electron chi connectivity index (χ3n) is 4.72. The number of rotatable bonds is 4. The fourth-order valence-electron chi connectivity index (χ4n) is 3.34. The Labute approximate surface area is 175 Å². The summed E-state index contributed by atoms with van der Waals surface area (Å²) in [7, 11) is 1.78. The van der Waals surface area contributed by atoms with Gasteiger partial charge in [0.05, 0.1) is 18.4 Å². The summed E-state index contributed by atoms with van der Waals surface area (Å²) in [6, 6.07) is 3.52. The molecule has 1 aromatic carbocycles. The Morgan fingerprint density at radius 3 is 2.80 bits per heavy atom. The number of ether oxygens (including phenoxy) is 1. The lowest BCUT2D eigenvalue weighted by Crippen LogP contribution is -2.29. The molecule has 30 heavy (non-hydrogen) atoms. The third-order valence-corrected chi connectivity index (χ3v) is 5.62. The number of carbonyl (C=O) groups is 1. The maximum absolute atomic E-state index is 14.1. The molecule has 0 bridgehead atoms. The standard InChI is InChI=1S/C19H20F2N6O2S/c1-26-19(27-6-3-8-29-9-7-27)13(10-23-26)24-17(28)15-16(22)30-18(25-15)14-11(20)4-2-5-12(14)21/h2,4-5,10H,3,6-9,22H2,1H3,(H,24,28). The number of benzene rings is 1. The van der Waals surface area contributed by atoms with Crippen molar-refractivity contribution in [3.8, 4) is 10.6 Å². The number of aromatic nitrogens is 3. The van der Waals surface area contributed by atoms with Crippen LogP contribution in [0.2, 0.25) is 0 Å². The first-order valence-electron chi connectivity index (χ1n) is 9.32. The van der Waals surface area contributed by atoms with Crippen LogP contribution in [0.4, 0.5) is 25.3 Å². The second-order valence-electron chi connectivity index (χ2n) is 6.74. The maximum Gasteiger partial charge on any atom is 0.277 e. The zero-order valence-electron chi connectivity index (χ0n) is 16.2. The summed E-state index contributed by atoms with van der Waals surface area (Å²) in [6.45, 7) is 2.69. The van der Waals surface area contributed by atoms with E-state index in [1.807, 2.05) is 0 Å².